The fraction of sp³-hybridized carbons (Fsp3) is 0.500. The van der Waals surface area contributed by atoms with Crippen molar-refractivity contribution in [2.45, 2.75) is 90.5 Å². The molecule has 1 fully saturated rings. The molecule has 2 aromatic carbocycles. The molecule has 3 amide bonds. The first-order chi connectivity index (χ1) is 22.2. The molecular weight excluding hydrogens is 653 g/mol. The summed E-state index contributed by atoms with van der Waals surface area (Å²) in [5.41, 5.74) is 2.30. The first-order valence-corrected chi connectivity index (χ1v) is 17.9. The number of fused-ring (bicyclic) bond motifs is 1. The zero-order valence-corrected chi connectivity index (χ0v) is 30.8. The number of aliphatic imine (C=N–C) groups is 1. The van der Waals surface area contributed by atoms with E-state index in [4.69, 9.17) is 28.2 Å². The molecule has 2 aromatic rings. The van der Waals surface area contributed by atoms with Crippen LogP contribution >= 0.6 is 35.0 Å². The van der Waals surface area contributed by atoms with Crippen LogP contribution in [0.4, 0.5) is 0 Å². The van der Waals surface area contributed by atoms with Gasteiger partial charge in [0.25, 0.3) is 5.91 Å². The van der Waals surface area contributed by atoms with Gasteiger partial charge in [0.15, 0.2) is 5.17 Å². The van der Waals surface area contributed by atoms with Gasteiger partial charge < -0.3 is 19.6 Å². The Hall–Kier alpha value is -3.01. The van der Waals surface area contributed by atoms with Gasteiger partial charge in [-0.25, -0.2) is 4.99 Å². The van der Waals surface area contributed by atoms with Gasteiger partial charge >= 0.3 is 0 Å². The summed E-state index contributed by atoms with van der Waals surface area (Å²) in [6.45, 7) is 12.2. The number of benzene rings is 2. The Morgan fingerprint density at radius 1 is 1.00 bits per heavy atom. The molecule has 0 aromatic heterocycles. The molecule has 252 valence electrons. The second kappa shape index (κ2) is 13.8. The van der Waals surface area contributed by atoms with Gasteiger partial charge in [-0.15, -0.1) is 0 Å². The number of carbonyl (C=O) groups is 3. The normalized spacial score (nSPS) is 24.5. The zero-order chi connectivity index (χ0) is 34.4. The van der Waals surface area contributed by atoms with E-state index in [-0.39, 0.29) is 41.8 Å². The van der Waals surface area contributed by atoms with Crippen molar-refractivity contribution in [2.24, 2.45) is 10.9 Å². The lowest BCUT2D eigenvalue weighted by molar-refractivity contribution is -0.143. The van der Waals surface area contributed by atoms with E-state index in [9.17, 15) is 14.4 Å². The van der Waals surface area contributed by atoms with E-state index in [2.05, 4.69) is 32.6 Å². The van der Waals surface area contributed by atoms with Crippen molar-refractivity contribution in [2.75, 3.05) is 20.6 Å². The van der Waals surface area contributed by atoms with E-state index in [0.717, 1.165) is 34.8 Å². The van der Waals surface area contributed by atoms with Crippen LogP contribution in [0.2, 0.25) is 10.0 Å². The van der Waals surface area contributed by atoms with Gasteiger partial charge in [-0.05, 0) is 86.2 Å². The van der Waals surface area contributed by atoms with Crippen molar-refractivity contribution >= 4 is 57.9 Å². The number of likely N-dealkylation sites (tertiary alicyclic amines) is 1. The Balaban J connectivity index is 1.53. The number of hydrogen-bond acceptors (Lipinski definition) is 6. The molecule has 5 rings (SSSR count). The average Bonchev–Trinajstić information content (AvgIpc) is 3.70. The SMILES string of the molecule is CCC1CC[C@@H](C(=O)N(C)C[C@H](C)N(C)C(C)=O)N1C(=O)C1=C(C(C)C)N2C(=N[C@@](C)(c3ccc(Cl)cc3)[C@H]2c2ccc(Cl)cc2)S1. The minimum atomic E-state index is -0.667. The van der Waals surface area contributed by atoms with Gasteiger partial charge in [-0.3, -0.25) is 14.4 Å². The molecule has 0 radical (unpaired) electrons. The molecule has 1 saturated heterocycles. The molecule has 0 spiro atoms. The van der Waals surface area contributed by atoms with Crippen LogP contribution in [-0.4, -0.2) is 81.3 Å². The fourth-order valence-electron chi connectivity index (χ4n) is 7.19. The van der Waals surface area contributed by atoms with Crippen molar-refractivity contribution in [3.05, 3.63) is 80.3 Å². The van der Waals surface area contributed by atoms with Crippen molar-refractivity contribution < 1.29 is 14.4 Å². The summed E-state index contributed by atoms with van der Waals surface area (Å²) in [7, 11) is 3.50. The Kier molecular flexibility index (Phi) is 10.4. The van der Waals surface area contributed by atoms with Crippen molar-refractivity contribution in [1.82, 2.24) is 19.6 Å². The van der Waals surface area contributed by atoms with Crippen LogP contribution in [0, 0.1) is 5.92 Å². The molecule has 3 aliphatic rings. The van der Waals surface area contributed by atoms with E-state index in [0.29, 0.717) is 27.9 Å². The van der Waals surface area contributed by atoms with Gasteiger partial charge in [-0.1, -0.05) is 68.2 Å². The highest BCUT2D eigenvalue weighted by atomic mass is 35.5. The highest BCUT2D eigenvalue weighted by Crippen LogP contribution is 2.56. The first-order valence-electron chi connectivity index (χ1n) is 16.3. The lowest BCUT2D eigenvalue weighted by atomic mass is 9.81. The number of rotatable bonds is 9. The predicted molar refractivity (Wildman–Crippen MR) is 191 cm³/mol. The predicted octanol–water partition coefficient (Wildman–Crippen LogP) is 7.33. The molecule has 11 heteroatoms. The van der Waals surface area contributed by atoms with Gasteiger partial charge in [0.2, 0.25) is 11.8 Å². The maximum atomic E-state index is 14.8. The Labute approximate surface area is 293 Å². The minimum Gasteiger partial charge on any atom is -0.342 e. The average molecular weight is 699 g/mol. The number of halogens is 2. The standard InChI is InChI=1S/C36H45Cl2N5O3S/c1-9-28-18-19-29(33(45)40(7)20-22(4)41(8)23(5)44)42(28)34(46)31-30(21(2)3)43-32(24-10-14-26(37)15-11-24)36(6,39-35(43)47-31)25-12-16-27(38)17-13-25/h10-17,21-22,28-29,32H,9,18-20H2,1-8H3/t22-,28?,29-,32+,36-/m0/s1. The molecule has 3 aliphatic heterocycles. The van der Waals surface area contributed by atoms with E-state index in [1.165, 1.54) is 18.7 Å². The maximum Gasteiger partial charge on any atom is 0.263 e. The van der Waals surface area contributed by atoms with Crippen molar-refractivity contribution in [1.29, 1.82) is 0 Å². The highest BCUT2D eigenvalue weighted by Gasteiger charge is 2.54. The van der Waals surface area contributed by atoms with Crippen molar-refractivity contribution in [3.63, 3.8) is 0 Å². The second-order valence-electron chi connectivity index (χ2n) is 13.4. The molecule has 0 saturated carbocycles. The summed E-state index contributed by atoms with van der Waals surface area (Å²) in [4.78, 5) is 54.0. The molecule has 0 bridgehead atoms. The maximum absolute atomic E-state index is 14.8. The van der Waals surface area contributed by atoms with Crippen LogP contribution in [0.15, 0.2) is 64.1 Å². The molecule has 0 N–H and O–H groups in total. The second-order valence-corrected chi connectivity index (χ2v) is 15.3. The van der Waals surface area contributed by atoms with Gasteiger partial charge in [-0.2, -0.15) is 0 Å². The van der Waals surface area contributed by atoms with Crippen LogP contribution in [-0.2, 0) is 19.9 Å². The lowest BCUT2D eigenvalue weighted by Crippen LogP contribution is -2.52. The fourth-order valence-corrected chi connectivity index (χ4v) is 8.79. The quantitative estimate of drug-likeness (QED) is 0.274. The topological polar surface area (TPSA) is 76.5 Å². The Morgan fingerprint density at radius 2 is 1.60 bits per heavy atom. The van der Waals surface area contributed by atoms with Crippen LogP contribution < -0.4 is 0 Å². The third-order valence-corrected chi connectivity index (χ3v) is 11.5. The summed E-state index contributed by atoms with van der Waals surface area (Å²) in [5.74, 6) is -0.274. The smallest absolute Gasteiger partial charge is 0.263 e. The number of likely N-dealkylation sites (N-methyl/N-ethyl adjacent to an activating group) is 2. The summed E-state index contributed by atoms with van der Waals surface area (Å²) in [6.07, 6.45) is 2.12. The summed E-state index contributed by atoms with van der Waals surface area (Å²) in [5, 5.41) is 2.07. The summed E-state index contributed by atoms with van der Waals surface area (Å²) in [6, 6.07) is 14.6. The number of carbonyl (C=O) groups excluding carboxylic acids is 3. The Bertz CT molecular complexity index is 1590. The van der Waals surface area contributed by atoms with E-state index in [1.54, 1.807) is 23.9 Å². The Morgan fingerprint density at radius 3 is 2.15 bits per heavy atom. The number of hydrogen-bond donors (Lipinski definition) is 0. The molecule has 5 atom stereocenters. The molecule has 1 unspecified atom stereocenters. The summed E-state index contributed by atoms with van der Waals surface area (Å²) >= 11 is 14.0. The molecule has 3 heterocycles. The van der Waals surface area contributed by atoms with Crippen LogP contribution in [0.3, 0.4) is 0 Å². The highest BCUT2D eigenvalue weighted by molar-refractivity contribution is 8.18. The van der Waals surface area contributed by atoms with Crippen LogP contribution in [0.25, 0.3) is 0 Å². The molecule has 47 heavy (non-hydrogen) atoms. The third-order valence-electron chi connectivity index (χ3n) is 9.93. The number of thioether (sulfide) groups is 1. The van der Waals surface area contributed by atoms with E-state index < -0.39 is 11.6 Å². The van der Waals surface area contributed by atoms with E-state index >= 15 is 0 Å². The van der Waals surface area contributed by atoms with Crippen molar-refractivity contribution in [3.8, 4) is 0 Å². The first kappa shape index (κ1) is 35.3. The van der Waals surface area contributed by atoms with Crippen LogP contribution in [0.5, 0.6) is 0 Å². The molecular formula is C36H45Cl2N5O3S. The molecule has 0 aliphatic carbocycles. The molecule has 8 nitrogen and oxygen atoms in total. The third kappa shape index (κ3) is 6.55. The number of allylic oxidation sites excluding steroid dienone is 1. The van der Waals surface area contributed by atoms with Gasteiger partial charge in [0, 0.05) is 55.4 Å². The zero-order valence-electron chi connectivity index (χ0n) is 28.5. The summed E-state index contributed by atoms with van der Waals surface area (Å²) < 4.78 is 0. The largest absolute Gasteiger partial charge is 0.342 e. The monoisotopic (exact) mass is 697 g/mol. The van der Waals surface area contributed by atoms with E-state index in [1.807, 2.05) is 60.4 Å². The number of nitrogens with zero attached hydrogens (tertiary/aromatic N) is 5. The number of amidine groups is 1. The number of amides is 3. The lowest BCUT2D eigenvalue weighted by Gasteiger charge is -2.37. The van der Waals surface area contributed by atoms with Gasteiger partial charge in [0.05, 0.1) is 6.04 Å². The van der Waals surface area contributed by atoms with Crippen LogP contribution in [0.1, 0.15) is 78.0 Å². The minimum absolute atomic E-state index is 0.000935. The van der Waals surface area contributed by atoms with Gasteiger partial charge in [0.1, 0.15) is 16.5 Å².